The second-order valence-corrected chi connectivity index (χ2v) is 6.93. The molecule has 0 N–H and O–H groups in total. The summed E-state index contributed by atoms with van der Waals surface area (Å²) in [5.74, 6) is 1.87. The number of furan rings is 1. The van der Waals surface area contributed by atoms with E-state index in [9.17, 15) is 4.39 Å². The summed E-state index contributed by atoms with van der Waals surface area (Å²) in [7, 11) is 2.07. The van der Waals surface area contributed by atoms with Crippen molar-refractivity contribution in [2.75, 3.05) is 13.6 Å². The lowest BCUT2D eigenvalue weighted by molar-refractivity contribution is 0.209. The molecule has 3 aromatic rings. The smallest absolute Gasteiger partial charge is 0.123 e. The molecule has 5 nitrogen and oxygen atoms in total. The van der Waals surface area contributed by atoms with Gasteiger partial charge < -0.3 is 8.98 Å². The van der Waals surface area contributed by atoms with E-state index in [0.29, 0.717) is 0 Å². The second-order valence-electron chi connectivity index (χ2n) is 6.93. The maximum absolute atomic E-state index is 13.1. The van der Waals surface area contributed by atoms with E-state index < -0.39 is 0 Å². The molecule has 0 radical (unpaired) electrons. The van der Waals surface area contributed by atoms with Crippen LogP contribution in [0.25, 0.3) is 0 Å². The van der Waals surface area contributed by atoms with Gasteiger partial charge in [0, 0.05) is 32.4 Å². The first kappa shape index (κ1) is 17.0. The molecule has 1 aliphatic rings. The van der Waals surface area contributed by atoms with Gasteiger partial charge in [0.1, 0.15) is 17.4 Å². The topological polar surface area (TPSA) is 37.4 Å². The number of halogens is 1. The van der Waals surface area contributed by atoms with Crippen LogP contribution in [0.4, 0.5) is 4.39 Å². The molecule has 26 heavy (non-hydrogen) atoms. The molecule has 0 aliphatic carbocycles. The van der Waals surface area contributed by atoms with E-state index in [2.05, 4.69) is 27.6 Å². The Balaban J connectivity index is 1.36. The van der Waals surface area contributed by atoms with Gasteiger partial charge >= 0.3 is 0 Å². The van der Waals surface area contributed by atoms with E-state index in [4.69, 9.17) is 9.40 Å². The van der Waals surface area contributed by atoms with Crippen molar-refractivity contribution in [3.05, 3.63) is 77.5 Å². The van der Waals surface area contributed by atoms with Gasteiger partial charge in [-0.05, 0) is 36.9 Å². The molecular formula is C20H23FN4O. The summed E-state index contributed by atoms with van der Waals surface area (Å²) in [6.07, 6.45) is 3.86. The van der Waals surface area contributed by atoms with Gasteiger partial charge in [0.25, 0.3) is 0 Å². The molecule has 1 aromatic carbocycles. The standard InChI is InChI=1S/C20H23FN4O/c1-23(14-19-3-2-10-26-19)12-18-13-25-9-8-24(15-20(25)22-18)11-16-4-6-17(21)7-5-16/h2-7,10,13H,8-9,11-12,14-15H2,1H3. The van der Waals surface area contributed by atoms with E-state index >= 15 is 0 Å². The zero-order valence-electron chi connectivity index (χ0n) is 14.9. The van der Waals surface area contributed by atoms with Crippen LogP contribution in [-0.4, -0.2) is 32.9 Å². The van der Waals surface area contributed by atoms with Crippen LogP contribution in [0.2, 0.25) is 0 Å². The van der Waals surface area contributed by atoms with Crippen molar-refractivity contribution in [2.45, 2.75) is 32.7 Å². The molecule has 2 aromatic heterocycles. The van der Waals surface area contributed by atoms with Gasteiger partial charge in [-0.15, -0.1) is 0 Å². The number of aromatic nitrogens is 2. The van der Waals surface area contributed by atoms with Crippen molar-refractivity contribution < 1.29 is 8.81 Å². The lowest BCUT2D eigenvalue weighted by atomic mass is 10.2. The molecule has 0 saturated heterocycles. The first-order valence-electron chi connectivity index (χ1n) is 8.88. The number of rotatable bonds is 6. The van der Waals surface area contributed by atoms with E-state index in [1.165, 1.54) is 12.1 Å². The summed E-state index contributed by atoms with van der Waals surface area (Å²) in [5.41, 5.74) is 2.21. The van der Waals surface area contributed by atoms with Crippen LogP contribution in [-0.2, 0) is 32.7 Å². The highest BCUT2D eigenvalue weighted by Gasteiger charge is 2.19. The van der Waals surface area contributed by atoms with E-state index in [1.807, 2.05) is 24.3 Å². The molecule has 1 aliphatic heterocycles. The molecule has 0 atom stereocenters. The zero-order valence-corrected chi connectivity index (χ0v) is 14.9. The predicted octanol–water partition coefficient (Wildman–Crippen LogP) is 3.26. The summed E-state index contributed by atoms with van der Waals surface area (Å²) in [6.45, 7) is 5.11. The third-order valence-electron chi connectivity index (χ3n) is 4.69. The first-order chi connectivity index (χ1) is 12.7. The van der Waals surface area contributed by atoms with Gasteiger partial charge in [-0.1, -0.05) is 12.1 Å². The van der Waals surface area contributed by atoms with Gasteiger partial charge in [0.2, 0.25) is 0 Å². The van der Waals surface area contributed by atoms with Crippen LogP contribution in [0.3, 0.4) is 0 Å². The Kier molecular flexibility index (Phi) is 4.86. The third kappa shape index (κ3) is 4.03. The molecular weight excluding hydrogens is 331 g/mol. The van der Waals surface area contributed by atoms with Crippen molar-refractivity contribution in [2.24, 2.45) is 0 Å². The second kappa shape index (κ2) is 7.43. The summed E-state index contributed by atoms with van der Waals surface area (Å²) in [5, 5.41) is 0. The number of hydrogen-bond donors (Lipinski definition) is 0. The van der Waals surface area contributed by atoms with Crippen molar-refractivity contribution in [3.8, 4) is 0 Å². The van der Waals surface area contributed by atoms with Crippen LogP contribution in [0.5, 0.6) is 0 Å². The Morgan fingerprint density at radius 1 is 1.15 bits per heavy atom. The molecule has 0 amide bonds. The highest BCUT2D eigenvalue weighted by molar-refractivity contribution is 5.16. The quantitative estimate of drug-likeness (QED) is 0.681. The minimum absolute atomic E-state index is 0.189. The molecule has 0 spiro atoms. The Labute approximate surface area is 152 Å². The largest absolute Gasteiger partial charge is 0.468 e. The molecule has 0 fully saturated rings. The van der Waals surface area contributed by atoms with E-state index in [-0.39, 0.29) is 5.82 Å². The van der Waals surface area contributed by atoms with Gasteiger partial charge in [0.05, 0.1) is 25.0 Å². The molecule has 4 rings (SSSR count). The van der Waals surface area contributed by atoms with Crippen LogP contribution < -0.4 is 0 Å². The maximum Gasteiger partial charge on any atom is 0.123 e. The lowest BCUT2D eigenvalue weighted by Gasteiger charge is -2.27. The minimum Gasteiger partial charge on any atom is -0.468 e. The average molecular weight is 354 g/mol. The van der Waals surface area contributed by atoms with E-state index in [0.717, 1.165) is 62.1 Å². The normalized spacial score (nSPS) is 14.7. The average Bonchev–Trinajstić information content (AvgIpc) is 3.25. The fraction of sp³-hybridized carbons (Fsp3) is 0.350. The summed E-state index contributed by atoms with van der Waals surface area (Å²) < 4.78 is 20.7. The summed E-state index contributed by atoms with van der Waals surface area (Å²) in [4.78, 5) is 9.37. The number of nitrogens with zero attached hydrogens (tertiary/aromatic N) is 4. The van der Waals surface area contributed by atoms with Gasteiger partial charge in [-0.2, -0.15) is 0 Å². The first-order valence-corrected chi connectivity index (χ1v) is 8.88. The van der Waals surface area contributed by atoms with Crippen molar-refractivity contribution in [1.29, 1.82) is 0 Å². The molecule has 0 saturated carbocycles. The maximum atomic E-state index is 13.1. The number of hydrogen-bond acceptors (Lipinski definition) is 4. The van der Waals surface area contributed by atoms with Gasteiger partial charge in [0.15, 0.2) is 0 Å². The van der Waals surface area contributed by atoms with Crippen molar-refractivity contribution >= 4 is 0 Å². The van der Waals surface area contributed by atoms with Crippen LogP contribution >= 0.6 is 0 Å². The summed E-state index contributed by atoms with van der Waals surface area (Å²) in [6, 6.07) is 10.6. The SMILES string of the molecule is CN(Cc1cn2c(n1)CN(Cc1ccc(F)cc1)CC2)Cc1ccco1. The number of imidazole rings is 1. The number of fused-ring (bicyclic) bond motifs is 1. The molecule has 0 bridgehead atoms. The molecule has 0 unspecified atom stereocenters. The van der Waals surface area contributed by atoms with Gasteiger partial charge in [-0.25, -0.2) is 9.37 Å². The van der Waals surface area contributed by atoms with Crippen LogP contribution in [0.15, 0.2) is 53.3 Å². The predicted molar refractivity (Wildman–Crippen MR) is 96.6 cm³/mol. The lowest BCUT2D eigenvalue weighted by Crippen LogP contribution is -2.33. The Hall–Kier alpha value is -2.44. The van der Waals surface area contributed by atoms with Crippen LogP contribution in [0.1, 0.15) is 22.8 Å². The Morgan fingerprint density at radius 3 is 2.77 bits per heavy atom. The monoisotopic (exact) mass is 354 g/mol. The third-order valence-corrected chi connectivity index (χ3v) is 4.69. The number of benzene rings is 1. The Bertz CT molecular complexity index is 841. The highest BCUT2D eigenvalue weighted by atomic mass is 19.1. The summed E-state index contributed by atoms with van der Waals surface area (Å²) >= 11 is 0. The molecule has 3 heterocycles. The Morgan fingerprint density at radius 2 is 2.00 bits per heavy atom. The van der Waals surface area contributed by atoms with Crippen molar-refractivity contribution in [1.82, 2.24) is 19.4 Å². The minimum atomic E-state index is -0.189. The molecule has 6 heteroatoms. The van der Waals surface area contributed by atoms with E-state index in [1.54, 1.807) is 6.26 Å². The van der Waals surface area contributed by atoms with Crippen LogP contribution in [0, 0.1) is 5.82 Å². The van der Waals surface area contributed by atoms with Crippen molar-refractivity contribution in [3.63, 3.8) is 0 Å². The highest BCUT2D eigenvalue weighted by Crippen LogP contribution is 2.17. The fourth-order valence-electron chi connectivity index (χ4n) is 3.42. The fourth-order valence-corrected chi connectivity index (χ4v) is 3.42. The van der Waals surface area contributed by atoms with Gasteiger partial charge in [-0.3, -0.25) is 9.80 Å². The molecule has 136 valence electrons. The zero-order chi connectivity index (χ0) is 17.9.